The smallest absolute Gasteiger partial charge is 0.142 e. The summed E-state index contributed by atoms with van der Waals surface area (Å²) in [6.45, 7) is 8.44. The van der Waals surface area contributed by atoms with Crippen LogP contribution in [0.2, 0.25) is 0 Å². The van der Waals surface area contributed by atoms with Gasteiger partial charge in [-0.15, -0.1) is 6.58 Å². The monoisotopic (exact) mass is 364 g/mol. The van der Waals surface area contributed by atoms with Gasteiger partial charge in [-0.25, -0.2) is 0 Å². The Labute approximate surface area is 162 Å². The fourth-order valence-electron chi connectivity index (χ4n) is 2.38. The second-order valence-electron chi connectivity index (χ2n) is 6.25. The number of hydrogen-bond acceptors (Lipinski definition) is 4. The second kappa shape index (κ2) is 11.7. The lowest BCUT2D eigenvalue weighted by Gasteiger charge is -2.10. The lowest BCUT2D eigenvalue weighted by atomic mass is 10.1. The van der Waals surface area contributed by atoms with Crippen molar-refractivity contribution in [1.82, 2.24) is 4.90 Å². The Morgan fingerprint density at radius 2 is 1.78 bits per heavy atom. The summed E-state index contributed by atoms with van der Waals surface area (Å²) in [4.78, 5) is 7.60. The van der Waals surface area contributed by atoms with Gasteiger partial charge in [-0.1, -0.05) is 53.7 Å². The first-order valence-corrected chi connectivity index (χ1v) is 9.07. The third kappa shape index (κ3) is 7.92. The van der Waals surface area contributed by atoms with Crippen molar-refractivity contribution in [3.8, 4) is 5.75 Å². The molecule has 4 nitrogen and oxygen atoms in total. The van der Waals surface area contributed by atoms with Gasteiger partial charge in [0.15, 0.2) is 0 Å². The van der Waals surface area contributed by atoms with Crippen molar-refractivity contribution in [2.24, 2.45) is 5.16 Å². The highest BCUT2D eigenvalue weighted by Gasteiger charge is 2.00. The Balaban J connectivity index is 1.75. The predicted octanol–water partition coefficient (Wildman–Crippen LogP) is 4.68. The standard InChI is InChI=1S/C23H28N2O2/c1-4-16-25(3)17-8-9-18-26-23-14-12-22(13-15-23)20(2)24-27-19-21-10-6-5-7-11-21/h4-15H,1,16-19H2,2-3H3/b9-8+,24-20+. The van der Waals surface area contributed by atoms with E-state index in [-0.39, 0.29) is 0 Å². The van der Waals surface area contributed by atoms with Crippen molar-refractivity contribution in [2.45, 2.75) is 13.5 Å². The topological polar surface area (TPSA) is 34.1 Å². The molecule has 27 heavy (non-hydrogen) atoms. The Morgan fingerprint density at radius 1 is 1.04 bits per heavy atom. The molecule has 0 heterocycles. The molecule has 0 fully saturated rings. The maximum atomic E-state index is 5.72. The Kier molecular flexibility index (Phi) is 8.87. The van der Waals surface area contributed by atoms with Gasteiger partial charge in [-0.2, -0.15) is 0 Å². The van der Waals surface area contributed by atoms with E-state index < -0.39 is 0 Å². The van der Waals surface area contributed by atoms with Gasteiger partial charge < -0.3 is 9.57 Å². The van der Waals surface area contributed by atoms with Crippen LogP contribution in [0.15, 0.2) is 84.6 Å². The summed E-state index contributed by atoms with van der Waals surface area (Å²) in [5, 5.41) is 4.19. The molecule has 0 N–H and O–H groups in total. The minimum atomic E-state index is 0.466. The molecule has 2 rings (SSSR count). The first kappa shape index (κ1) is 20.5. The largest absolute Gasteiger partial charge is 0.490 e. The third-order valence-electron chi connectivity index (χ3n) is 3.92. The van der Waals surface area contributed by atoms with Crippen molar-refractivity contribution in [3.63, 3.8) is 0 Å². The van der Waals surface area contributed by atoms with E-state index in [1.54, 1.807) is 0 Å². The number of ether oxygens (including phenoxy) is 1. The molecular formula is C23H28N2O2. The van der Waals surface area contributed by atoms with Gasteiger partial charge in [0.25, 0.3) is 0 Å². The summed E-state index contributed by atoms with van der Waals surface area (Å²) in [5.41, 5.74) is 2.95. The third-order valence-corrected chi connectivity index (χ3v) is 3.92. The highest BCUT2D eigenvalue weighted by Crippen LogP contribution is 2.13. The molecule has 2 aromatic rings. The number of rotatable bonds is 11. The van der Waals surface area contributed by atoms with Crippen molar-refractivity contribution in [2.75, 3.05) is 26.7 Å². The van der Waals surface area contributed by atoms with Crippen LogP contribution in [0.1, 0.15) is 18.1 Å². The van der Waals surface area contributed by atoms with Crippen LogP contribution in [0.4, 0.5) is 0 Å². The van der Waals surface area contributed by atoms with Crippen LogP contribution in [-0.4, -0.2) is 37.4 Å². The molecule has 2 aromatic carbocycles. The summed E-state index contributed by atoms with van der Waals surface area (Å²) >= 11 is 0. The maximum Gasteiger partial charge on any atom is 0.142 e. The number of oxime groups is 1. The van der Waals surface area contributed by atoms with Crippen molar-refractivity contribution in [1.29, 1.82) is 0 Å². The Bertz CT molecular complexity index is 737. The zero-order valence-electron chi connectivity index (χ0n) is 16.2. The SMILES string of the molecule is C=CCN(C)C/C=C/COc1ccc(/C(C)=N/OCc2ccccc2)cc1. The molecule has 0 aliphatic rings. The number of benzene rings is 2. The second-order valence-corrected chi connectivity index (χ2v) is 6.25. The molecule has 0 atom stereocenters. The van der Waals surface area contributed by atoms with E-state index in [4.69, 9.17) is 9.57 Å². The fourth-order valence-corrected chi connectivity index (χ4v) is 2.38. The van der Waals surface area contributed by atoms with E-state index in [2.05, 4.69) is 29.8 Å². The number of likely N-dealkylation sites (N-methyl/N-ethyl adjacent to an activating group) is 1. The molecule has 0 unspecified atom stereocenters. The molecule has 0 aromatic heterocycles. The molecule has 4 heteroatoms. The molecule has 0 saturated carbocycles. The molecule has 0 aliphatic carbocycles. The van der Waals surface area contributed by atoms with Crippen LogP contribution in [0.3, 0.4) is 0 Å². The molecule has 0 amide bonds. The maximum absolute atomic E-state index is 5.72. The lowest BCUT2D eigenvalue weighted by Crippen LogP contribution is -2.17. The minimum absolute atomic E-state index is 0.466. The fraction of sp³-hybridized carbons (Fsp3) is 0.261. The lowest BCUT2D eigenvalue weighted by molar-refractivity contribution is 0.130. The first-order chi connectivity index (χ1) is 13.2. The number of nitrogens with zero attached hydrogens (tertiary/aromatic N) is 2. The average molecular weight is 364 g/mol. The molecule has 0 aliphatic heterocycles. The quantitative estimate of drug-likeness (QED) is 0.330. The van der Waals surface area contributed by atoms with E-state index in [0.29, 0.717) is 13.2 Å². The molecule has 0 saturated heterocycles. The molecule has 0 bridgehead atoms. The Morgan fingerprint density at radius 3 is 2.48 bits per heavy atom. The zero-order chi connectivity index (χ0) is 19.3. The van der Waals surface area contributed by atoms with E-state index in [0.717, 1.165) is 35.7 Å². The highest BCUT2D eigenvalue weighted by atomic mass is 16.6. The van der Waals surface area contributed by atoms with E-state index in [1.807, 2.05) is 73.7 Å². The van der Waals surface area contributed by atoms with Crippen LogP contribution in [0, 0.1) is 0 Å². The van der Waals surface area contributed by atoms with Crippen molar-refractivity contribution < 1.29 is 9.57 Å². The summed E-state index contributed by atoms with van der Waals surface area (Å²) in [6, 6.07) is 17.9. The zero-order valence-corrected chi connectivity index (χ0v) is 16.2. The van der Waals surface area contributed by atoms with E-state index >= 15 is 0 Å². The van der Waals surface area contributed by atoms with Gasteiger partial charge in [0.2, 0.25) is 0 Å². The first-order valence-electron chi connectivity index (χ1n) is 9.07. The van der Waals surface area contributed by atoms with E-state index in [1.165, 1.54) is 0 Å². The van der Waals surface area contributed by atoms with Gasteiger partial charge in [-0.05, 0) is 49.4 Å². The molecule has 142 valence electrons. The van der Waals surface area contributed by atoms with Crippen LogP contribution >= 0.6 is 0 Å². The van der Waals surface area contributed by atoms with Crippen LogP contribution in [-0.2, 0) is 11.4 Å². The van der Waals surface area contributed by atoms with Gasteiger partial charge >= 0.3 is 0 Å². The Hall–Kier alpha value is -2.85. The van der Waals surface area contributed by atoms with Crippen LogP contribution < -0.4 is 4.74 Å². The minimum Gasteiger partial charge on any atom is -0.490 e. The van der Waals surface area contributed by atoms with Gasteiger partial charge in [0.05, 0.1) is 5.71 Å². The predicted molar refractivity (Wildman–Crippen MR) is 112 cm³/mol. The molecular weight excluding hydrogens is 336 g/mol. The van der Waals surface area contributed by atoms with Gasteiger partial charge in [-0.3, -0.25) is 4.90 Å². The summed E-state index contributed by atoms with van der Waals surface area (Å²) < 4.78 is 5.72. The summed E-state index contributed by atoms with van der Waals surface area (Å²) in [6.07, 6.45) is 6.01. The highest BCUT2D eigenvalue weighted by molar-refractivity contribution is 5.98. The molecule has 0 radical (unpaired) electrons. The normalized spacial score (nSPS) is 11.7. The van der Waals surface area contributed by atoms with Crippen LogP contribution in [0.25, 0.3) is 0 Å². The van der Waals surface area contributed by atoms with Crippen molar-refractivity contribution >= 4 is 5.71 Å². The average Bonchev–Trinajstić information content (AvgIpc) is 2.69. The van der Waals surface area contributed by atoms with Gasteiger partial charge in [0, 0.05) is 13.1 Å². The summed E-state index contributed by atoms with van der Waals surface area (Å²) in [7, 11) is 2.05. The van der Waals surface area contributed by atoms with Crippen molar-refractivity contribution in [3.05, 3.63) is 90.5 Å². The summed E-state index contributed by atoms with van der Waals surface area (Å²) in [5.74, 6) is 0.834. The van der Waals surface area contributed by atoms with Crippen LogP contribution in [0.5, 0.6) is 5.75 Å². The van der Waals surface area contributed by atoms with Gasteiger partial charge in [0.1, 0.15) is 19.0 Å². The number of hydrogen-bond donors (Lipinski definition) is 0. The molecule has 0 spiro atoms. The van der Waals surface area contributed by atoms with E-state index in [9.17, 15) is 0 Å².